The first-order valence-corrected chi connectivity index (χ1v) is 7.81. The highest BCUT2D eigenvalue weighted by molar-refractivity contribution is 5.24. The highest BCUT2D eigenvalue weighted by Crippen LogP contribution is 2.32. The van der Waals surface area contributed by atoms with Gasteiger partial charge in [-0.2, -0.15) is 0 Å². The van der Waals surface area contributed by atoms with Crippen LogP contribution in [0.2, 0.25) is 0 Å². The number of aryl methyl sites for hydroxylation is 1. The Morgan fingerprint density at radius 1 is 1.16 bits per heavy atom. The molecule has 19 heavy (non-hydrogen) atoms. The standard InChI is InChI=1S/C17H26N2/c1-13-7-9-15(10-8-13)14(2)19-12-4-6-17(19)16-5-3-11-18-16/h7-10,14,16-18H,3-6,11-12H2,1-2H3. The van der Waals surface area contributed by atoms with E-state index in [0.717, 1.165) is 12.1 Å². The van der Waals surface area contributed by atoms with Crippen molar-refractivity contribution in [3.05, 3.63) is 35.4 Å². The third kappa shape index (κ3) is 2.70. The Balaban J connectivity index is 1.74. The average Bonchev–Trinajstić information content (AvgIpc) is 3.09. The molecule has 0 aromatic heterocycles. The Morgan fingerprint density at radius 2 is 1.95 bits per heavy atom. The van der Waals surface area contributed by atoms with Crippen LogP contribution in [0.25, 0.3) is 0 Å². The zero-order chi connectivity index (χ0) is 13.2. The van der Waals surface area contributed by atoms with Crippen molar-refractivity contribution in [1.29, 1.82) is 0 Å². The molecule has 0 bridgehead atoms. The molecule has 2 saturated heterocycles. The minimum atomic E-state index is 0.551. The molecular weight excluding hydrogens is 232 g/mol. The Kier molecular flexibility index (Phi) is 3.90. The van der Waals surface area contributed by atoms with Crippen molar-refractivity contribution in [2.24, 2.45) is 0 Å². The van der Waals surface area contributed by atoms with Crippen LogP contribution in [0.15, 0.2) is 24.3 Å². The van der Waals surface area contributed by atoms with Crippen molar-refractivity contribution in [3.63, 3.8) is 0 Å². The maximum atomic E-state index is 3.70. The minimum absolute atomic E-state index is 0.551. The van der Waals surface area contributed by atoms with Gasteiger partial charge in [-0.1, -0.05) is 29.8 Å². The first-order valence-electron chi connectivity index (χ1n) is 7.81. The highest BCUT2D eigenvalue weighted by atomic mass is 15.2. The van der Waals surface area contributed by atoms with Crippen LogP contribution in [-0.4, -0.2) is 30.1 Å². The van der Waals surface area contributed by atoms with Crippen LogP contribution in [0.4, 0.5) is 0 Å². The molecule has 3 unspecified atom stereocenters. The van der Waals surface area contributed by atoms with Gasteiger partial charge in [0.2, 0.25) is 0 Å². The van der Waals surface area contributed by atoms with E-state index in [1.165, 1.54) is 49.9 Å². The molecule has 1 N–H and O–H groups in total. The summed E-state index contributed by atoms with van der Waals surface area (Å²) in [4.78, 5) is 2.73. The van der Waals surface area contributed by atoms with E-state index in [1.807, 2.05) is 0 Å². The van der Waals surface area contributed by atoms with Crippen molar-refractivity contribution in [1.82, 2.24) is 10.2 Å². The highest BCUT2D eigenvalue weighted by Gasteiger charge is 2.35. The summed E-state index contributed by atoms with van der Waals surface area (Å²) in [6.07, 6.45) is 5.45. The van der Waals surface area contributed by atoms with Gasteiger partial charge in [0.05, 0.1) is 0 Å². The number of hydrogen-bond donors (Lipinski definition) is 1. The number of likely N-dealkylation sites (tertiary alicyclic amines) is 1. The molecule has 1 aromatic carbocycles. The molecule has 0 aliphatic carbocycles. The van der Waals surface area contributed by atoms with Crippen molar-refractivity contribution in [3.8, 4) is 0 Å². The summed E-state index contributed by atoms with van der Waals surface area (Å²) in [6.45, 7) is 7.01. The number of nitrogens with one attached hydrogen (secondary N) is 1. The van der Waals surface area contributed by atoms with E-state index in [1.54, 1.807) is 0 Å². The largest absolute Gasteiger partial charge is 0.312 e. The summed E-state index contributed by atoms with van der Waals surface area (Å²) < 4.78 is 0. The maximum Gasteiger partial charge on any atom is 0.0323 e. The number of benzene rings is 1. The van der Waals surface area contributed by atoms with Gasteiger partial charge in [-0.05, 0) is 58.2 Å². The summed E-state index contributed by atoms with van der Waals surface area (Å²) >= 11 is 0. The summed E-state index contributed by atoms with van der Waals surface area (Å²) in [6, 6.07) is 11.1. The molecule has 2 heteroatoms. The van der Waals surface area contributed by atoms with Crippen molar-refractivity contribution >= 4 is 0 Å². The molecule has 2 heterocycles. The van der Waals surface area contributed by atoms with Crippen LogP contribution in [0.5, 0.6) is 0 Å². The lowest BCUT2D eigenvalue weighted by atomic mass is 10.00. The normalized spacial score (nSPS) is 29.8. The summed E-state index contributed by atoms with van der Waals surface area (Å²) in [5, 5.41) is 3.70. The lowest BCUT2D eigenvalue weighted by Gasteiger charge is -2.34. The third-order valence-electron chi connectivity index (χ3n) is 4.96. The first-order chi connectivity index (χ1) is 9.25. The van der Waals surface area contributed by atoms with Crippen molar-refractivity contribution in [2.75, 3.05) is 13.1 Å². The van der Waals surface area contributed by atoms with E-state index in [9.17, 15) is 0 Å². The van der Waals surface area contributed by atoms with E-state index < -0.39 is 0 Å². The maximum absolute atomic E-state index is 3.70. The van der Waals surface area contributed by atoms with Gasteiger partial charge >= 0.3 is 0 Å². The zero-order valence-corrected chi connectivity index (χ0v) is 12.2. The lowest BCUT2D eigenvalue weighted by molar-refractivity contribution is 0.163. The Labute approximate surface area is 117 Å². The van der Waals surface area contributed by atoms with Crippen LogP contribution in [0, 0.1) is 6.92 Å². The quantitative estimate of drug-likeness (QED) is 0.895. The summed E-state index contributed by atoms with van der Waals surface area (Å²) in [5.74, 6) is 0. The van der Waals surface area contributed by atoms with Gasteiger partial charge in [-0.25, -0.2) is 0 Å². The molecule has 2 aliphatic heterocycles. The first kappa shape index (κ1) is 13.1. The van der Waals surface area contributed by atoms with Crippen molar-refractivity contribution in [2.45, 2.75) is 57.7 Å². The molecule has 0 amide bonds. The van der Waals surface area contributed by atoms with Gasteiger partial charge in [0, 0.05) is 18.1 Å². The number of rotatable bonds is 3. The molecule has 2 fully saturated rings. The summed E-state index contributed by atoms with van der Waals surface area (Å²) in [7, 11) is 0. The molecule has 1 aromatic rings. The van der Waals surface area contributed by atoms with Gasteiger partial charge in [0.1, 0.15) is 0 Å². The van der Waals surface area contributed by atoms with Gasteiger partial charge in [0.15, 0.2) is 0 Å². The summed E-state index contributed by atoms with van der Waals surface area (Å²) in [5.41, 5.74) is 2.82. The van der Waals surface area contributed by atoms with Gasteiger partial charge in [-0.15, -0.1) is 0 Å². The van der Waals surface area contributed by atoms with Crippen LogP contribution in [0.1, 0.15) is 49.8 Å². The minimum Gasteiger partial charge on any atom is -0.312 e. The lowest BCUT2D eigenvalue weighted by Crippen LogP contribution is -2.44. The van der Waals surface area contributed by atoms with Gasteiger partial charge in [-0.3, -0.25) is 4.90 Å². The number of nitrogens with zero attached hydrogens (tertiary/aromatic N) is 1. The number of hydrogen-bond acceptors (Lipinski definition) is 2. The van der Waals surface area contributed by atoms with Crippen LogP contribution < -0.4 is 5.32 Å². The second-order valence-electron chi connectivity index (χ2n) is 6.24. The molecule has 0 spiro atoms. The molecule has 3 rings (SSSR count). The van der Waals surface area contributed by atoms with E-state index in [4.69, 9.17) is 0 Å². The SMILES string of the molecule is Cc1ccc(C(C)N2CCCC2C2CCCN2)cc1. The van der Waals surface area contributed by atoms with E-state index >= 15 is 0 Å². The van der Waals surface area contributed by atoms with Crippen LogP contribution in [0.3, 0.4) is 0 Å². The smallest absolute Gasteiger partial charge is 0.0323 e. The molecule has 2 aliphatic rings. The molecular formula is C17H26N2. The monoisotopic (exact) mass is 258 g/mol. The predicted molar refractivity (Wildman–Crippen MR) is 80.3 cm³/mol. The molecule has 2 nitrogen and oxygen atoms in total. The fraction of sp³-hybridized carbons (Fsp3) is 0.647. The Hall–Kier alpha value is -0.860. The molecule has 0 radical (unpaired) electrons. The van der Waals surface area contributed by atoms with E-state index in [2.05, 4.69) is 48.3 Å². The molecule has 104 valence electrons. The van der Waals surface area contributed by atoms with Crippen LogP contribution in [-0.2, 0) is 0 Å². The average molecular weight is 258 g/mol. The van der Waals surface area contributed by atoms with Gasteiger partial charge in [0.25, 0.3) is 0 Å². The zero-order valence-electron chi connectivity index (χ0n) is 12.2. The Bertz CT molecular complexity index is 406. The predicted octanol–water partition coefficient (Wildman–Crippen LogP) is 3.27. The molecule has 3 atom stereocenters. The Morgan fingerprint density at radius 3 is 2.63 bits per heavy atom. The van der Waals surface area contributed by atoms with Crippen LogP contribution >= 0.6 is 0 Å². The van der Waals surface area contributed by atoms with E-state index in [-0.39, 0.29) is 0 Å². The fourth-order valence-corrected chi connectivity index (χ4v) is 3.80. The third-order valence-corrected chi connectivity index (χ3v) is 4.96. The molecule has 0 saturated carbocycles. The van der Waals surface area contributed by atoms with Crippen molar-refractivity contribution < 1.29 is 0 Å². The van der Waals surface area contributed by atoms with Gasteiger partial charge < -0.3 is 5.32 Å². The topological polar surface area (TPSA) is 15.3 Å². The van der Waals surface area contributed by atoms with E-state index in [0.29, 0.717) is 6.04 Å². The second-order valence-corrected chi connectivity index (χ2v) is 6.24. The second kappa shape index (κ2) is 5.64. The fourth-order valence-electron chi connectivity index (χ4n) is 3.80.